The molecule has 0 saturated carbocycles. The molecule has 4 heterocycles. The Kier molecular flexibility index (Phi) is 10.1. The van der Waals surface area contributed by atoms with Crippen molar-refractivity contribution in [2.24, 2.45) is 4.99 Å². The third-order valence-corrected chi connectivity index (χ3v) is 10.4. The molecule has 54 heavy (non-hydrogen) atoms. The van der Waals surface area contributed by atoms with Crippen molar-refractivity contribution < 1.29 is 28.7 Å². The molecule has 0 spiro atoms. The Bertz CT molecular complexity index is 2370. The molecule has 0 unspecified atom stereocenters. The number of halogens is 1. The first-order chi connectivity index (χ1) is 26.0. The lowest BCUT2D eigenvalue weighted by atomic mass is 9.98. The Morgan fingerprint density at radius 3 is 2.39 bits per heavy atom. The number of fused-ring (bicyclic) bond motifs is 4. The van der Waals surface area contributed by atoms with Crippen LogP contribution >= 0.6 is 22.9 Å². The molecule has 274 valence electrons. The minimum atomic E-state index is -0.981. The van der Waals surface area contributed by atoms with Crippen LogP contribution in [0.2, 0.25) is 5.02 Å². The first-order valence-electron chi connectivity index (χ1n) is 16.9. The number of ether oxygens (including phenoxy) is 1. The molecule has 2 aliphatic heterocycles. The fourth-order valence-electron chi connectivity index (χ4n) is 6.19. The number of aromatic nitrogens is 3. The highest BCUT2D eigenvalue weighted by Gasteiger charge is 2.34. The minimum absolute atomic E-state index is 0.0104. The number of carbonyl (C=O) groups excluding carboxylic acids is 5. The van der Waals surface area contributed by atoms with Gasteiger partial charge in [0.25, 0.3) is 17.6 Å². The van der Waals surface area contributed by atoms with E-state index in [1.54, 1.807) is 35.6 Å². The molecule has 0 radical (unpaired) electrons. The molecule has 4 N–H and O–H groups in total. The van der Waals surface area contributed by atoms with E-state index < -0.39 is 29.7 Å². The number of thiophene rings is 1. The van der Waals surface area contributed by atoms with Crippen LogP contribution in [0.25, 0.3) is 5.00 Å². The van der Waals surface area contributed by atoms with Crippen molar-refractivity contribution in [3.8, 4) is 16.5 Å². The number of Topliss-reactive ketones (excluding diaryl/α,β-unsaturated/α-hetero) is 1. The van der Waals surface area contributed by atoms with E-state index in [-0.39, 0.29) is 48.8 Å². The maximum Gasteiger partial charge on any atom is 0.315 e. The van der Waals surface area contributed by atoms with Crippen molar-refractivity contribution in [2.45, 2.75) is 39.8 Å². The Morgan fingerprint density at radius 2 is 1.63 bits per heavy atom. The summed E-state index contributed by atoms with van der Waals surface area (Å²) in [5.41, 5.74) is 4.45. The Hall–Kier alpha value is -6.19. The van der Waals surface area contributed by atoms with E-state index in [0.717, 1.165) is 37.8 Å². The lowest BCUT2D eigenvalue weighted by Crippen LogP contribution is -2.42. The highest BCUT2D eigenvalue weighted by atomic mass is 35.5. The van der Waals surface area contributed by atoms with E-state index in [2.05, 4.69) is 40.0 Å². The molecule has 14 nitrogen and oxygen atoms in total. The van der Waals surface area contributed by atoms with E-state index in [4.69, 9.17) is 21.3 Å². The lowest BCUT2D eigenvalue weighted by Gasteiger charge is -2.17. The zero-order chi connectivity index (χ0) is 38.1. The van der Waals surface area contributed by atoms with Gasteiger partial charge in [-0.2, -0.15) is 0 Å². The van der Waals surface area contributed by atoms with Crippen LogP contribution in [0, 0.1) is 20.8 Å². The molecule has 16 heteroatoms. The minimum Gasteiger partial charge on any atom is -0.457 e. The highest BCUT2D eigenvalue weighted by molar-refractivity contribution is 7.15. The van der Waals surface area contributed by atoms with E-state index in [0.29, 0.717) is 22.4 Å². The number of urea groups is 1. The van der Waals surface area contributed by atoms with Gasteiger partial charge >= 0.3 is 6.03 Å². The molecular formula is C38H33ClN8O6S. The van der Waals surface area contributed by atoms with Gasteiger partial charge < -0.3 is 20.7 Å². The van der Waals surface area contributed by atoms with Gasteiger partial charge in [0, 0.05) is 46.2 Å². The van der Waals surface area contributed by atoms with Gasteiger partial charge in [0.2, 0.25) is 5.91 Å². The van der Waals surface area contributed by atoms with Crippen molar-refractivity contribution in [3.63, 3.8) is 0 Å². The Morgan fingerprint density at radius 1 is 0.889 bits per heavy atom. The normalized spacial score (nSPS) is 14.6. The second-order valence-corrected chi connectivity index (χ2v) is 14.2. The molecule has 0 aliphatic carbocycles. The summed E-state index contributed by atoms with van der Waals surface area (Å²) in [5.74, 6) is -0.968. The molecule has 0 fully saturated rings. The summed E-state index contributed by atoms with van der Waals surface area (Å²) in [4.78, 5) is 68.3. The van der Waals surface area contributed by atoms with Crippen LogP contribution in [0.15, 0.2) is 71.7 Å². The average Bonchev–Trinajstić information content (AvgIpc) is 3.63. The number of nitrogens with one attached hydrogen (secondary N) is 4. The monoisotopic (exact) mass is 764 g/mol. The van der Waals surface area contributed by atoms with Gasteiger partial charge in [-0.05, 0) is 68.3 Å². The van der Waals surface area contributed by atoms with Crippen molar-refractivity contribution in [1.82, 2.24) is 36.0 Å². The first kappa shape index (κ1) is 36.2. The number of aliphatic imine (C=N–C) groups is 1. The number of hydrogen-bond donors (Lipinski definition) is 4. The molecule has 2 aliphatic rings. The van der Waals surface area contributed by atoms with Gasteiger partial charge in [-0.25, -0.2) is 4.79 Å². The molecule has 5 aromatic rings. The summed E-state index contributed by atoms with van der Waals surface area (Å²) < 4.78 is 7.83. The fourth-order valence-corrected chi connectivity index (χ4v) is 7.53. The topological polar surface area (TPSA) is 186 Å². The Balaban J connectivity index is 0.923. The molecular weight excluding hydrogens is 732 g/mol. The molecule has 0 saturated heterocycles. The molecule has 0 bridgehead atoms. The van der Waals surface area contributed by atoms with Gasteiger partial charge in [-0.1, -0.05) is 41.9 Å². The van der Waals surface area contributed by atoms with Crippen molar-refractivity contribution in [1.29, 1.82) is 0 Å². The Labute approximate surface area is 318 Å². The summed E-state index contributed by atoms with van der Waals surface area (Å²) in [6, 6.07) is 17.7. The number of hydrogen-bond acceptors (Lipinski definition) is 10. The molecule has 5 amide bonds. The zero-order valence-corrected chi connectivity index (χ0v) is 30.9. The third-order valence-electron chi connectivity index (χ3n) is 9.00. The quantitative estimate of drug-likeness (QED) is 0.0865. The second-order valence-electron chi connectivity index (χ2n) is 12.6. The van der Waals surface area contributed by atoms with Crippen molar-refractivity contribution in [3.05, 3.63) is 122 Å². The molecule has 2 aromatic heterocycles. The third kappa shape index (κ3) is 7.23. The first-order valence-corrected chi connectivity index (χ1v) is 18.1. The molecule has 3 aromatic carbocycles. The summed E-state index contributed by atoms with van der Waals surface area (Å²) in [6.07, 6.45) is 0.0197. The second kappa shape index (κ2) is 15.0. The van der Waals surface area contributed by atoms with E-state index in [1.807, 2.05) is 41.1 Å². The maximum atomic E-state index is 13.2. The van der Waals surface area contributed by atoms with E-state index in [1.165, 1.54) is 18.2 Å². The summed E-state index contributed by atoms with van der Waals surface area (Å²) >= 11 is 7.84. The smallest absolute Gasteiger partial charge is 0.315 e. The van der Waals surface area contributed by atoms with Crippen molar-refractivity contribution >= 4 is 58.2 Å². The maximum absolute atomic E-state index is 13.2. The summed E-state index contributed by atoms with van der Waals surface area (Å²) in [5, 5.41) is 20.7. The number of imide groups is 1. The van der Waals surface area contributed by atoms with Crippen LogP contribution in [0.3, 0.4) is 0 Å². The number of benzene rings is 3. The number of amides is 5. The summed E-state index contributed by atoms with van der Waals surface area (Å²) in [7, 11) is 0. The zero-order valence-electron chi connectivity index (χ0n) is 29.3. The van der Waals surface area contributed by atoms with Crippen LogP contribution in [0.5, 0.6) is 11.5 Å². The van der Waals surface area contributed by atoms with Gasteiger partial charge in [0.1, 0.15) is 28.4 Å². The number of carbonyl (C=O) groups is 5. The largest absolute Gasteiger partial charge is 0.457 e. The number of nitrogens with zero attached hydrogens (tertiary/aromatic N) is 4. The summed E-state index contributed by atoms with van der Waals surface area (Å²) in [6.45, 7) is 6.60. The number of rotatable bonds is 10. The molecule has 7 rings (SSSR count). The van der Waals surface area contributed by atoms with Crippen LogP contribution < -0.4 is 26.0 Å². The van der Waals surface area contributed by atoms with Crippen LogP contribution in [0.4, 0.5) is 4.79 Å². The van der Waals surface area contributed by atoms with Crippen molar-refractivity contribution in [2.75, 3.05) is 13.1 Å². The number of aryl methyl sites for hydroxylation is 2. The predicted octanol–water partition coefficient (Wildman–Crippen LogP) is 5.05. The van der Waals surface area contributed by atoms with Crippen LogP contribution in [0.1, 0.15) is 72.0 Å². The van der Waals surface area contributed by atoms with Gasteiger partial charge in [-0.15, -0.1) is 21.5 Å². The fraction of sp³-hybridized carbons (Fsp3) is 0.211. The van der Waals surface area contributed by atoms with Crippen LogP contribution in [-0.2, 0) is 16.1 Å². The van der Waals surface area contributed by atoms with Gasteiger partial charge in [0.05, 0.1) is 17.7 Å². The van der Waals surface area contributed by atoms with E-state index in [9.17, 15) is 24.0 Å². The lowest BCUT2D eigenvalue weighted by molar-refractivity contribution is -0.121. The molecule has 1 atom stereocenters. The average molecular weight is 765 g/mol. The standard InChI is InChI=1S/C38H33ClN8O6S/c1-19-20(2)54-37-30(19)32(23-9-11-24(39)12-10-23)43-27(34-46-45-21(3)47(34)37)17-29(48)40-15-16-41-38(52)42-18-22-7-13-25(14-8-22)53-28-6-4-5-26-31(28)35(50)44-36(51)33(26)49/h4-14,27H,15-18H2,1-3H3,(H,40,48)(H2,41,42,52)(H,44,50,51)/t27-/m0/s1. The highest BCUT2D eigenvalue weighted by Crippen LogP contribution is 2.39. The number of ketones is 1. The SMILES string of the molecule is Cc1sc2c(c1C)C(c1ccc(Cl)cc1)=N[C@@H](CC(=O)NCCNC(=O)NCc1ccc(Oc3cccc4c3C(=O)NC(=O)C4=O)cc1)c1nnc(C)n1-2. The predicted molar refractivity (Wildman–Crippen MR) is 201 cm³/mol. The van der Waals surface area contributed by atoms with Gasteiger partial charge in [-0.3, -0.25) is 34.1 Å². The van der Waals surface area contributed by atoms with E-state index >= 15 is 0 Å². The van der Waals surface area contributed by atoms with Crippen LogP contribution in [-0.4, -0.2) is 63.1 Å². The van der Waals surface area contributed by atoms with Gasteiger partial charge in [0.15, 0.2) is 5.82 Å².